The molecular formula is C21H24N4O2S. The fraction of sp³-hybridized carbons (Fsp3) is 0.381. The number of benzene rings is 1. The standard InChI is InChI=1S/C21H24N4O2S/c1-14-17(20(26)24-15-7-9-16(27-2)10-8-15)18-19(22-13-23-21(18)28-14)25-11-5-3-4-6-12-25/h7-10,13H,3-6,11-12H2,1-2H3,(H,24,26). The molecule has 1 N–H and O–H groups in total. The zero-order chi connectivity index (χ0) is 19.5. The van der Waals surface area contributed by atoms with Crippen molar-refractivity contribution in [1.29, 1.82) is 0 Å². The van der Waals surface area contributed by atoms with E-state index in [0.29, 0.717) is 5.56 Å². The van der Waals surface area contributed by atoms with E-state index in [0.717, 1.165) is 58.3 Å². The van der Waals surface area contributed by atoms with Crippen molar-refractivity contribution in [3.05, 3.63) is 41.0 Å². The highest BCUT2D eigenvalue weighted by Gasteiger charge is 2.24. The van der Waals surface area contributed by atoms with Crippen LogP contribution in [-0.4, -0.2) is 36.1 Å². The minimum absolute atomic E-state index is 0.125. The fourth-order valence-corrected chi connectivity index (χ4v) is 4.67. The summed E-state index contributed by atoms with van der Waals surface area (Å²) in [5, 5.41) is 3.88. The zero-order valence-corrected chi connectivity index (χ0v) is 17.0. The van der Waals surface area contributed by atoms with Gasteiger partial charge < -0.3 is 15.0 Å². The number of thiophene rings is 1. The predicted octanol–water partition coefficient (Wildman–Crippen LogP) is 4.64. The van der Waals surface area contributed by atoms with E-state index in [1.165, 1.54) is 12.8 Å². The number of rotatable bonds is 4. The number of aryl methyl sites for hydroxylation is 1. The molecule has 7 heteroatoms. The molecule has 28 heavy (non-hydrogen) atoms. The summed E-state index contributed by atoms with van der Waals surface area (Å²) < 4.78 is 5.18. The first kappa shape index (κ1) is 18.7. The largest absolute Gasteiger partial charge is 0.497 e. The zero-order valence-electron chi connectivity index (χ0n) is 16.2. The molecular weight excluding hydrogens is 372 g/mol. The monoisotopic (exact) mass is 396 g/mol. The first-order chi connectivity index (χ1) is 13.7. The number of nitrogens with one attached hydrogen (secondary N) is 1. The highest BCUT2D eigenvalue weighted by Crippen LogP contribution is 2.36. The lowest BCUT2D eigenvalue weighted by atomic mass is 10.1. The SMILES string of the molecule is COc1ccc(NC(=O)c2c(C)sc3ncnc(N4CCCCCC4)c23)cc1. The van der Waals surface area contributed by atoms with Gasteiger partial charge in [0.1, 0.15) is 22.7 Å². The summed E-state index contributed by atoms with van der Waals surface area (Å²) in [6.07, 6.45) is 6.42. The Labute approximate surface area is 168 Å². The van der Waals surface area contributed by atoms with Crippen molar-refractivity contribution in [2.45, 2.75) is 32.6 Å². The van der Waals surface area contributed by atoms with Crippen LogP contribution < -0.4 is 15.0 Å². The molecule has 0 saturated carbocycles. The molecule has 146 valence electrons. The smallest absolute Gasteiger partial charge is 0.257 e. The Hall–Kier alpha value is -2.67. The second kappa shape index (κ2) is 8.14. The van der Waals surface area contributed by atoms with E-state index >= 15 is 0 Å². The van der Waals surface area contributed by atoms with E-state index in [9.17, 15) is 4.79 Å². The molecule has 1 aliphatic rings. The van der Waals surface area contributed by atoms with Crippen LogP contribution in [0.25, 0.3) is 10.2 Å². The molecule has 0 radical (unpaired) electrons. The normalized spacial score (nSPS) is 14.7. The lowest BCUT2D eigenvalue weighted by molar-refractivity contribution is 0.102. The Morgan fingerprint density at radius 1 is 1.11 bits per heavy atom. The van der Waals surface area contributed by atoms with Gasteiger partial charge in [0.25, 0.3) is 5.91 Å². The number of carbonyl (C=O) groups is 1. The highest BCUT2D eigenvalue weighted by molar-refractivity contribution is 7.19. The van der Waals surface area contributed by atoms with Gasteiger partial charge in [-0.3, -0.25) is 4.79 Å². The number of amides is 1. The van der Waals surface area contributed by atoms with Crippen LogP contribution in [0.2, 0.25) is 0 Å². The van der Waals surface area contributed by atoms with E-state index in [4.69, 9.17) is 4.74 Å². The molecule has 0 unspecified atom stereocenters. The van der Waals surface area contributed by atoms with E-state index in [1.807, 2.05) is 31.2 Å². The number of fused-ring (bicyclic) bond motifs is 1. The van der Waals surface area contributed by atoms with E-state index in [-0.39, 0.29) is 5.91 Å². The lowest BCUT2D eigenvalue weighted by Crippen LogP contribution is -2.25. The number of nitrogens with zero attached hydrogens (tertiary/aromatic N) is 3. The molecule has 1 amide bonds. The molecule has 6 nitrogen and oxygen atoms in total. The first-order valence-corrected chi connectivity index (χ1v) is 10.4. The summed E-state index contributed by atoms with van der Waals surface area (Å²) in [6.45, 7) is 3.92. The van der Waals surface area contributed by atoms with Crippen molar-refractivity contribution >= 4 is 39.0 Å². The van der Waals surface area contributed by atoms with Gasteiger partial charge in [-0.15, -0.1) is 11.3 Å². The average Bonchev–Trinajstić information content (AvgIpc) is 2.87. The van der Waals surface area contributed by atoms with Crippen LogP contribution in [0.3, 0.4) is 0 Å². The molecule has 3 aromatic rings. The third kappa shape index (κ3) is 3.67. The van der Waals surface area contributed by atoms with Gasteiger partial charge >= 0.3 is 0 Å². The first-order valence-electron chi connectivity index (χ1n) is 9.62. The summed E-state index contributed by atoms with van der Waals surface area (Å²) >= 11 is 1.55. The molecule has 1 aliphatic heterocycles. The van der Waals surface area contributed by atoms with Crippen molar-refractivity contribution < 1.29 is 9.53 Å². The Balaban J connectivity index is 1.71. The third-order valence-corrected chi connectivity index (χ3v) is 6.14. The molecule has 1 saturated heterocycles. The molecule has 3 heterocycles. The number of hydrogen-bond donors (Lipinski definition) is 1. The van der Waals surface area contributed by atoms with Crippen LogP contribution in [0.15, 0.2) is 30.6 Å². The maximum Gasteiger partial charge on any atom is 0.257 e. The Morgan fingerprint density at radius 2 is 1.82 bits per heavy atom. The summed E-state index contributed by atoms with van der Waals surface area (Å²) in [6, 6.07) is 7.35. The summed E-state index contributed by atoms with van der Waals surface area (Å²) in [7, 11) is 1.62. The van der Waals surface area contributed by atoms with Gasteiger partial charge in [-0.05, 0) is 44.0 Å². The third-order valence-electron chi connectivity index (χ3n) is 5.12. The lowest BCUT2D eigenvalue weighted by Gasteiger charge is -2.22. The summed E-state index contributed by atoms with van der Waals surface area (Å²) in [5.74, 6) is 1.52. The minimum Gasteiger partial charge on any atom is -0.497 e. The number of carbonyl (C=O) groups excluding carboxylic acids is 1. The quantitative estimate of drug-likeness (QED) is 0.696. The van der Waals surface area contributed by atoms with Crippen LogP contribution in [0.5, 0.6) is 5.75 Å². The molecule has 0 bridgehead atoms. The topological polar surface area (TPSA) is 67.3 Å². The number of hydrogen-bond acceptors (Lipinski definition) is 6. The predicted molar refractivity (Wildman–Crippen MR) is 114 cm³/mol. The van der Waals surface area contributed by atoms with Crippen molar-refractivity contribution in [3.8, 4) is 5.75 Å². The van der Waals surface area contributed by atoms with Crippen molar-refractivity contribution in [2.75, 3.05) is 30.4 Å². The van der Waals surface area contributed by atoms with E-state index < -0.39 is 0 Å². The van der Waals surface area contributed by atoms with Crippen molar-refractivity contribution in [2.24, 2.45) is 0 Å². The van der Waals surface area contributed by atoms with Crippen LogP contribution in [-0.2, 0) is 0 Å². The molecule has 0 spiro atoms. The van der Waals surface area contributed by atoms with Crippen LogP contribution in [0.1, 0.15) is 40.9 Å². The van der Waals surface area contributed by atoms with Gasteiger partial charge in [-0.1, -0.05) is 12.8 Å². The van der Waals surface area contributed by atoms with Crippen LogP contribution in [0, 0.1) is 6.92 Å². The molecule has 2 aromatic heterocycles. The van der Waals surface area contributed by atoms with Gasteiger partial charge in [0.15, 0.2) is 0 Å². The number of anilines is 2. The summed E-state index contributed by atoms with van der Waals surface area (Å²) in [5.41, 5.74) is 1.41. The highest BCUT2D eigenvalue weighted by atomic mass is 32.1. The van der Waals surface area contributed by atoms with E-state index in [1.54, 1.807) is 24.8 Å². The van der Waals surface area contributed by atoms with Crippen LogP contribution >= 0.6 is 11.3 Å². The average molecular weight is 397 g/mol. The van der Waals surface area contributed by atoms with Crippen molar-refractivity contribution in [1.82, 2.24) is 9.97 Å². The Bertz CT molecular complexity index is 976. The second-order valence-electron chi connectivity index (χ2n) is 6.99. The van der Waals surface area contributed by atoms with Gasteiger partial charge in [-0.25, -0.2) is 9.97 Å². The molecule has 0 atom stereocenters. The Kier molecular flexibility index (Phi) is 5.43. The maximum absolute atomic E-state index is 13.2. The summed E-state index contributed by atoms with van der Waals surface area (Å²) in [4.78, 5) is 26.3. The van der Waals surface area contributed by atoms with Crippen molar-refractivity contribution in [3.63, 3.8) is 0 Å². The van der Waals surface area contributed by atoms with Crippen LogP contribution in [0.4, 0.5) is 11.5 Å². The van der Waals surface area contributed by atoms with Gasteiger partial charge in [0, 0.05) is 23.7 Å². The Morgan fingerprint density at radius 3 is 2.50 bits per heavy atom. The maximum atomic E-state index is 13.2. The number of methoxy groups -OCH3 is 1. The second-order valence-corrected chi connectivity index (χ2v) is 8.20. The fourth-order valence-electron chi connectivity index (χ4n) is 3.69. The molecule has 1 aromatic carbocycles. The molecule has 4 rings (SSSR count). The molecule has 0 aliphatic carbocycles. The number of aromatic nitrogens is 2. The molecule has 1 fully saturated rings. The van der Waals surface area contributed by atoms with E-state index in [2.05, 4.69) is 20.2 Å². The van der Waals surface area contributed by atoms with Gasteiger partial charge in [-0.2, -0.15) is 0 Å². The minimum atomic E-state index is -0.125. The van der Waals surface area contributed by atoms with Gasteiger partial charge in [0.2, 0.25) is 0 Å². The van der Waals surface area contributed by atoms with Gasteiger partial charge in [0.05, 0.1) is 18.1 Å². The number of ether oxygens (including phenoxy) is 1.